The first-order valence-corrected chi connectivity index (χ1v) is 5.36. The number of nitrogens with zero attached hydrogens (tertiary/aromatic N) is 1. The molecule has 6 nitrogen and oxygen atoms in total. The summed E-state index contributed by atoms with van der Waals surface area (Å²) < 4.78 is 0. The van der Waals surface area contributed by atoms with Crippen LogP contribution < -0.4 is 5.32 Å². The van der Waals surface area contributed by atoms with Gasteiger partial charge in [-0.05, 0) is 33.3 Å². The lowest BCUT2D eigenvalue weighted by Crippen LogP contribution is -2.43. The van der Waals surface area contributed by atoms with Gasteiger partial charge in [0.15, 0.2) is 0 Å². The molecule has 0 bridgehead atoms. The van der Waals surface area contributed by atoms with Crippen molar-refractivity contribution in [2.24, 2.45) is 0 Å². The number of aliphatic carboxylic acids is 1. The van der Waals surface area contributed by atoms with Crippen LogP contribution in [0.4, 0.5) is 0 Å². The van der Waals surface area contributed by atoms with E-state index in [0.717, 1.165) is 5.69 Å². The van der Waals surface area contributed by atoms with Crippen molar-refractivity contribution in [2.75, 3.05) is 0 Å². The lowest BCUT2D eigenvalue weighted by atomic mass is 9.98. The fourth-order valence-electron chi connectivity index (χ4n) is 1.39. The van der Waals surface area contributed by atoms with Crippen molar-refractivity contribution in [1.29, 1.82) is 0 Å². The summed E-state index contributed by atoms with van der Waals surface area (Å²) in [5.41, 5.74) is 0.548. The zero-order valence-electron chi connectivity index (χ0n) is 10.2. The van der Waals surface area contributed by atoms with E-state index in [1.807, 2.05) is 0 Å². The molecule has 0 aliphatic carbocycles. The average Bonchev–Trinajstić information content (AvgIpc) is 2.61. The van der Waals surface area contributed by atoms with Gasteiger partial charge in [0.25, 0.3) is 5.91 Å². The van der Waals surface area contributed by atoms with Crippen LogP contribution in [0.3, 0.4) is 0 Å². The Morgan fingerprint density at radius 1 is 1.53 bits per heavy atom. The van der Waals surface area contributed by atoms with E-state index in [9.17, 15) is 9.59 Å². The summed E-state index contributed by atoms with van der Waals surface area (Å²) in [6.45, 7) is 5.38. The molecule has 0 aliphatic heterocycles. The maximum atomic E-state index is 11.8. The third kappa shape index (κ3) is 4.26. The van der Waals surface area contributed by atoms with E-state index in [2.05, 4.69) is 15.5 Å². The SMILES string of the molecule is Cc1cc(C(=O)NC(C)(C)CCC(=O)O)n[nH]1. The topological polar surface area (TPSA) is 95.1 Å². The highest BCUT2D eigenvalue weighted by molar-refractivity contribution is 5.92. The number of carbonyl (C=O) groups excluding carboxylic acids is 1. The van der Waals surface area contributed by atoms with E-state index < -0.39 is 11.5 Å². The van der Waals surface area contributed by atoms with Crippen LogP contribution >= 0.6 is 0 Å². The molecule has 0 atom stereocenters. The minimum atomic E-state index is -0.872. The first kappa shape index (κ1) is 13.2. The number of carbonyl (C=O) groups is 2. The fraction of sp³-hybridized carbons (Fsp3) is 0.545. The average molecular weight is 239 g/mol. The highest BCUT2D eigenvalue weighted by Crippen LogP contribution is 2.12. The highest BCUT2D eigenvalue weighted by atomic mass is 16.4. The Kier molecular flexibility index (Phi) is 3.88. The molecule has 0 spiro atoms. The van der Waals surface area contributed by atoms with Gasteiger partial charge in [-0.1, -0.05) is 0 Å². The van der Waals surface area contributed by atoms with Gasteiger partial charge in [0, 0.05) is 17.7 Å². The number of H-pyrrole nitrogens is 1. The van der Waals surface area contributed by atoms with Gasteiger partial charge in [-0.15, -0.1) is 0 Å². The molecule has 17 heavy (non-hydrogen) atoms. The van der Waals surface area contributed by atoms with Crippen molar-refractivity contribution >= 4 is 11.9 Å². The Morgan fingerprint density at radius 2 is 2.18 bits per heavy atom. The van der Waals surface area contributed by atoms with Crippen molar-refractivity contribution in [1.82, 2.24) is 15.5 Å². The lowest BCUT2D eigenvalue weighted by molar-refractivity contribution is -0.137. The monoisotopic (exact) mass is 239 g/mol. The molecule has 1 amide bonds. The largest absolute Gasteiger partial charge is 0.481 e. The normalized spacial score (nSPS) is 11.2. The van der Waals surface area contributed by atoms with Gasteiger partial charge >= 0.3 is 5.97 Å². The second-order valence-corrected chi connectivity index (χ2v) is 4.67. The number of nitrogens with one attached hydrogen (secondary N) is 2. The van der Waals surface area contributed by atoms with E-state index in [1.165, 1.54) is 0 Å². The summed E-state index contributed by atoms with van der Waals surface area (Å²) in [5, 5.41) is 17.9. The smallest absolute Gasteiger partial charge is 0.303 e. The van der Waals surface area contributed by atoms with E-state index >= 15 is 0 Å². The summed E-state index contributed by atoms with van der Waals surface area (Å²) in [7, 11) is 0. The van der Waals surface area contributed by atoms with Crippen molar-refractivity contribution in [2.45, 2.75) is 39.2 Å². The van der Waals surface area contributed by atoms with E-state index in [-0.39, 0.29) is 12.3 Å². The molecular weight excluding hydrogens is 222 g/mol. The summed E-state index contributed by atoms with van der Waals surface area (Å²) in [6, 6.07) is 1.64. The quantitative estimate of drug-likeness (QED) is 0.716. The van der Waals surface area contributed by atoms with Crippen molar-refractivity contribution in [3.05, 3.63) is 17.5 Å². The number of carboxylic acids is 1. The third-order valence-corrected chi connectivity index (χ3v) is 2.35. The molecule has 0 aromatic carbocycles. The van der Waals surface area contributed by atoms with Crippen LogP contribution in [-0.4, -0.2) is 32.7 Å². The van der Waals surface area contributed by atoms with Crippen LogP contribution in [0.1, 0.15) is 42.9 Å². The first-order valence-electron chi connectivity index (χ1n) is 5.36. The Hall–Kier alpha value is -1.85. The summed E-state index contributed by atoms with van der Waals surface area (Å²) in [4.78, 5) is 22.3. The Labute approximate surface area is 99.4 Å². The first-order chi connectivity index (χ1) is 7.80. The summed E-state index contributed by atoms with van der Waals surface area (Å²) >= 11 is 0. The van der Waals surface area contributed by atoms with Gasteiger partial charge in [-0.3, -0.25) is 14.7 Å². The van der Waals surface area contributed by atoms with Crippen LogP contribution in [0.5, 0.6) is 0 Å². The zero-order valence-corrected chi connectivity index (χ0v) is 10.2. The second kappa shape index (κ2) is 4.99. The molecule has 0 radical (unpaired) electrons. The number of aromatic amines is 1. The molecule has 0 aliphatic rings. The van der Waals surface area contributed by atoms with Crippen LogP contribution in [0.15, 0.2) is 6.07 Å². The van der Waals surface area contributed by atoms with Crippen LogP contribution in [-0.2, 0) is 4.79 Å². The molecule has 3 N–H and O–H groups in total. The van der Waals surface area contributed by atoms with E-state index in [4.69, 9.17) is 5.11 Å². The predicted octanol–water partition coefficient (Wildman–Crippen LogP) is 1.09. The van der Waals surface area contributed by atoms with Crippen molar-refractivity contribution < 1.29 is 14.7 Å². The maximum absolute atomic E-state index is 11.8. The molecule has 1 aromatic rings. The molecule has 94 valence electrons. The van der Waals surface area contributed by atoms with Crippen molar-refractivity contribution in [3.8, 4) is 0 Å². The molecule has 1 aromatic heterocycles. The Morgan fingerprint density at radius 3 is 2.65 bits per heavy atom. The van der Waals surface area contributed by atoms with Gasteiger partial charge in [0.1, 0.15) is 5.69 Å². The lowest BCUT2D eigenvalue weighted by Gasteiger charge is -2.25. The van der Waals surface area contributed by atoms with Gasteiger partial charge in [0.05, 0.1) is 0 Å². The second-order valence-electron chi connectivity index (χ2n) is 4.67. The standard InChI is InChI=1S/C11H17N3O3/c1-7-6-8(14-13-7)10(17)12-11(2,3)5-4-9(15)16/h6H,4-5H2,1-3H3,(H,12,17)(H,13,14)(H,15,16). The molecular formula is C11H17N3O3. The number of hydrogen-bond donors (Lipinski definition) is 3. The van der Waals surface area contributed by atoms with Gasteiger partial charge < -0.3 is 10.4 Å². The molecule has 0 saturated heterocycles. The number of amides is 1. The molecule has 1 heterocycles. The molecule has 6 heteroatoms. The minimum Gasteiger partial charge on any atom is -0.481 e. The van der Waals surface area contributed by atoms with Crippen LogP contribution in [0, 0.1) is 6.92 Å². The summed E-state index contributed by atoms with van der Waals surface area (Å²) in [6.07, 6.45) is 0.393. The van der Waals surface area contributed by atoms with Gasteiger partial charge in [-0.2, -0.15) is 5.10 Å². The van der Waals surface area contributed by atoms with Gasteiger partial charge in [-0.25, -0.2) is 0 Å². The molecule has 0 saturated carbocycles. The number of rotatable bonds is 5. The Balaban J connectivity index is 2.58. The van der Waals surface area contributed by atoms with E-state index in [1.54, 1.807) is 26.8 Å². The van der Waals surface area contributed by atoms with Crippen LogP contribution in [0.2, 0.25) is 0 Å². The maximum Gasteiger partial charge on any atom is 0.303 e. The number of aromatic nitrogens is 2. The number of carboxylic acid groups (broad SMARTS) is 1. The van der Waals surface area contributed by atoms with Gasteiger partial charge in [0.2, 0.25) is 0 Å². The predicted molar refractivity (Wildman–Crippen MR) is 61.7 cm³/mol. The zero-order chi connectivity index (χ0) is 13.1. The third-order valence-electron chi connectivity index (χ3n) is 2.35. The molecule has 0 fully saturated rings. The number of hydrogen-bond acceptors (Lipinski definition) is 3. The Bertz CT molecular complexity index is 423. The fourth-order valence-corrected chi connectivity index (χ4v) is 1.39. The van der Waals surface area contributed by atoms with Crippen LogP contribution in [0.25, 0.3) is 0 Å². The van der Waals surface area contributed by atoms with Crippen molar-refractivity contribution in [3.63, 3.8) is 0 Å². The minimum absolute atomic E-state index is 0.0207. The highest BCUT2D eigenvalue weighted by Gasteiger charge is 2.23. The molecule has 1 rings (SSSR count). The van der Waals surface area contributed by atoms with E-state index in [0.29, 0.717) is 12.1 Å². The molecule has 0 unspecified atom stereocenters. The number of aryl methyl sites for hydroxylation is 1. The summed E-state index contributed by atoms with van der Waals surface area (Å²) in [5.74, 6) is -1.17.